The van der Waals surface area contributed by atoms with Gasteiger partial charge in [0.25, 0.3) is 0 Å². The summed E-state index contributed by atoms with van der Waals surface area (Å²) in [5, 5.41) is 13.1. The monoisotopic (exact) mass is 297 g/mol. The van der Waals surface area contributed by atoms with E-state index in [9.17, 15) is 5.11 Å². The molecule has 2 N–H and O–H groups in total. The van der Waals surface area contributed by atoms with E-state index in [-0.39, 0.29) is 12.2 Å². The number of nitrogens with one attached hydrogen (secondary N) is 1. The maximum Gasteiger partial charge on any atom is 0.0928 e. The molecule has 1 aromatic carbocycles. The Labute approximate surface area is 127 Å². The predicted octanol–water partition coefficient (Wildman–Crippen LogP) is 1.38. The van der Waals surface area contributed by atoms with Gasteiger partial charge in [-0.05, 0) is 12.5 Å². The van der Waals surface area contributed by atoms with Crippen molar-refractivity contribution in [2.75, 3.05) is 40.5 Å². The Hall–Kier alpha value is -0.980. The number of hydrogen-bond donors (Lipinski definition) is 2. The molecule has 0 spiro atoms. The first-order chi connectivity index (χ1) is 10.2. The fourth-order valence-electron chi connectivity index (χ4n) is 1.94. The number of benzene rings is 1. The molecule has 5 nitrogen and oxygen atoms in total. The van der Waals surface area contributed by atoms with Crippen LogP contribution in [0.15, 0.2) is 30.3 Å². The van der Waals surface area contributed by atoms with Crippen molar-refractivity contribution in [1.82, 2.24) is 5.32 Å². The molecule has 0 aliphatic rings. The van der Waals surface area contributed by atoms with Gasteiger partial charge >= 0.3 is 0 Å². The second kappa shape index (κ2) is 10.7. The number of aliphatic hydroxyl groups is 1. The minimum atomic E-state index is -0.545. The molecule has 0 saturated carbocycles. The summed E-state index contributed by atoms with van der Waals surface area (Å²) in [6.07, 6.45) is -0.580. The van der Waals surface area contributed by atoms with Crippen LogP contribution in [0.1, 0.15) is 18.6 Å². The molecular formula is C16H27NO4. The molecule has 0 heterocycles. The van der Waals surface area contributed by atoms with Crippen molar-refractivity contribution in [2.45, 2.75) is 25.2 Å². The van der Waals surface area contributed by atoms with Crippen molar-refractivity contribution >= 4 is 0 Å². The summed E-state index contributed by atoms with van der Waals surface area (Å²) in [6, 6.07) is 9.97. The molecular weight excluding hydrogens is 270 g/mol. The smallest absolute Gasteiger partial charge is 0.0928 e. The van der Waals surface area contributed by atoms with Crippen molar-refractivity contribution in [3.63, 3.8) is 0 Å². The Balaban J connectivity index is 2.17. The molecule has 0 radical (unpaired) electrons. The number of aliphatic hydroxyl groups excluding tert-OH is 1. The quantitative estimate of drug-likeness (QED) is 0.646. The lowest BCUT2D eigenvalue weighted by Gasteiger charge is -2.19. The van der Waals surface area contributed by atoms with Crippen molar-refractivity contribution in [1.29, 1.82) is 0 Å². The molecule has 21 heavy (non-hydrogen) atoms. The van der Waals surface area contributed by atoms with E-state index in [1.807, 2.05) is 37.3 Å². The van der Waals surface area contributed by atoms with Crippen LogP contribution in [0.4, 0.5) is 0 Å². The Bertz CT molecular complexity index is 361. The van der Waals surface area contributed by atoms with Gasteiger partial charge in [0.05, 0.1) is 31.5 Å². The lowest BCUT2D eigenvalue weighted by Crippen LogP contribution is -2.37. The zero-order valence-corrected chi connectivity index (χ0v) is 13.1. The summed E-state index contributed by atoms with van der Waals surface area (Å²) in [6.45, 7) is 3.90. The lowest BCUT2D eigenvalue weighted by atomic mass is 10.1. The minimum absolute atomic E-state index is 0.00800. The highest BCUT2D eigenvalue weighted by Crippen LogP contribution is 2.15. The van der Waals surface area contributed by atoms with Crippen LogP contribution in [0, 0.1) is 0 Å². The third-order valence-electron chi connectivity index (χ3n) is 3.25. The van der Waals surface area contributed by atoms with Crippen LogP contribution in [0.3, 0.4) is 0 Å². The summed E-state index contributed by atoms with van der Waals surface area (Å²) in [5.41, 5.74) is 1.11. The standard InChI is InChI=1S/C16H27NO4/c1-13(14-7-5-4-6-8-14)21-11-15(18)9-17-10-16(20-3)12-19-2/h4-8,13,15-18H,9-12H2,1-3H3. The highest BCUT2D eigenvalue weighted by molar-refractivity contribution is 5.16. The van der Waals surface area contributed by atoms with E-state index in [4.69, 9.17) is 14.2 Å². The fourth-order valence-corrected chi connectivity index (χ4v) is 1.94. The number of ether oxygens (including phenoxy) is 3. The maximum atomic E-state index is 9.90. The Morgan fingerprint density at radius 2 is 1.81 bits per heavy atom. The molecule has 3 unspecified atom stereocenters. The van der Waals surface area contributed by atoms with Gasteiger partial charge in [-0.2, -0.15) is 0 Å². The molecule has 120 valence electrons. The Morgan fingerprint density at radius 3 is 2.43 bits per heavy atom. The fraction of sp³-hybridized carbons (Fsp3) is 0.625. The van der Waals surface area contributed by atoms with Crippen LogP contribution < -0.4 is 5.32 Å². The normalized spacial score (nSPS) is 15.6. The first-order valence-electron chi connectivity index (χ1n) is 7.24. The molecule has 3 atom stereocenters. The van der Waals surface area contributed by atoms with E-state index in [2.05, 4.69) is 5.32 Å². The van der Waals surface area contributed by atoms with Crippen LogP contribution in [0.25, 0.3) is 0 Å². The number of rotatable bonds is 11. The average molecular weight is 297 g/mol. The first-order valence-corrected chi connectivity index (χ1v) is 7.24. The van der Waals surface area contributed by atoms with Gasteiger partial charge in [-0.15, -0.1) is 0 Å². The first kappa shape index (κ1) is 18.1. The van der Waals surface area contributed by atoms with Gasteiger partial charge in [-0.3, -0.25) is 0 Å². The highest BCUT2D eigenvalue weighted by Gasteiger charge is 2.11. The van der Waals surface area contributed by atoms with E-state index in [1.54, 1.807) is 14.2 Å². The third-order valence-corrected chi connectivity index (χ3v) is 3.25. The molecule has 1 aromatic rings. The zero-order chi connectivity index (χ0) is 15.5. The topological polar surface area (TPSA) is 60.0 Å². The van der Waals surface area contributed by atoms with Crippen molar-refractivity contribution in [3.8, 4) is 0 Å². The van der Waals surface area contributed by atoms with E-state index in [0.717, 1.165) is 5.56 Å². The molecule has 0 amide bonds. The van der Waals surface area contributed by atoms with Crippen molar-refractivity contribution < 1.29 is 19.3 Å². The van der Waals surface area contributed by atoms with Gasteiger partial charge in [0.15, 0.2) is 0 Å². The number of methoxy groups -OCH3 is 2. The average Bonchev–Trinajstić information content (AvgIpc) is 2.52. The second-order valence-electron chi connectivity index (χ2n) is 5.01. The molecule has 5 heteroatoms. The molecule has 0 fully saturated rings. The molecule has 0 aliphatic heterocycles. The van der Waals surface area contributed by atoms with Crippen molar-refractivity contribution in [2.24, 2.45) is 0 Å². The molecule has 0 aromatic heterocycles. The molecule has 1 rings (SSSR count). The van der Waals surface area contributed by atoms with Gasteiger partial charge in [0, 0.05) is 27.3 Å². The lowest BCUT2D eigenvalue weighted by molar-refractivity contribution is -0.00610. The summed E-state index contributed by atoms with van der Waals surface area (Å²) in [4.78, 5) is 0. The predicted molar refractivity (Wildman–Crippen MR) is 82.4 cm³/mol. The van der Waals surface area contributed by atoms with Gasteiger partial charge in [-0.25, -0.2) is 0 Å². The Morgan fingerprint density at radius 1 is 1.10 bits per heavy atom. The van der Waals surface area contributed by atoms with Gasteiger partial charge < -0.3 is 24.6 Å². The van der Waals surface area contributed by atoms with E-state index in [0.29, 0.717) is 26.3 Å². The minimum Gasteiger partial charge on any atom is -0.389 e. The van der Waals surface area contributed by atoms with E-state index < -0.39 is 6.10 Å². The number of hydrogen-bond acceptors (Lipinski definition) is 5. The van der Waals surface area contributed by atoms with E-state index in [1.165, 1.54) is 0 Å². The van der Waals surface area contributed by atoms with Gasteiger partial charge in [0.2, 0.25) is 0 Å². The molecule has 0 saturated heterocycles. The maximum absolute atomic E-state index is 9.90. The van der Waals surface area contributed by atoms with Gasteiger partial charge in [0.1, 0.15) is 0 Å². The summed E-state index contributed by atoms with van der Waals surface area (Å²) < 4.78 is 15.9. The Kier molecular flexibility index (Phi) is 9.21. The molecule has 0 bridgehead atoms. The SMILES string of the molecule is COCC(CNCC(O)COC(C)c1ccccc1)OC. The largest absolute Gasteiger partial charge is 0.389 e. The van der Waals surface area contributed by atoms with Crippen LogP contribution in [0.5, 0.6) is 0 Å². The van der Waals surface area contributed by atoms with Crippen LogP contribution >= 0.6 is 0 Å². The third kappa shape index (κ3) is 7.55. The summed E-state index contributed by atoms with van der Waals surface area (Å²) in [7, 11) is 3.28. The van der Waals surface area contributed by atoms with Crippen LogP contribution in [-0.2, 0) is 14.2 Å². The molecule has 0 aliphatic carbocycles. The van der Waals surface area contributed by atoms with Crippen molar-refractivity contribution in [3.05, 3.63) is 35.9 Å². The summed E-state index contributed by atoms with van der Waals surface area (Å²) >= 11 is 0. The van der Waals surface area contributed by atoms with Gasteiger partial charge in [-0.1, -0.05) is 30.3 Å². The summed E-state index contributed by atoms with van der Waals surface area (Å²) in [5.74, 6) is 0. The zero-order valence-electron chi connectivity index (χ0n) is 13.1. The second-order valence-corrected chi connectivity index (χ2v) is 5.01. The van der Waals surface area contributed by atoms with Crippen LogP contribution in [0.2, 0.25) is 0 Å². The van der Waals surface area contributed by atoms with E-state index >= 15 is 0 Å². The highest BCUT2D eigenvalue weighted by atomic mass is 16.5. The van der Waals surface area contributed by atoms with Crippen LogP contribution in [-0.4, -0.2) is 57.8 Å².